The van der Waals surface area contributed by atoms with E-state index in [0.717, 1.165) is 18.8 Å². The summed E-state index contributed by atoms with van der Waals surface area (Å²) >= 11 is 0. The van der Waals surface area contributed by atoms with Crippen LogP contribution in [0.4, 0.5) is 22.7 Å². The van der Waals surface area contributed by atoms with Crippen molar-refractivity contribution in [3.05, 3.63) is 48.0 Å². The predicted molar refractivity (Wildman–Crippen MR) is 115 cm³/mol. The van der Waals surface area contributed by atoms with Gasteiger partial charge in [-0.15, -0.1) is 0 Å². The Morgan fingerprint density at radius 2 is 1.50 bits per heavy atom. The molecule has 0 aliphatic carbocycles. The summed E-state index contributed by atoms with van der Waals surface area (Å²) in [6.07, 6.45) is 2.50. The van der Waals surface area contributed by atoms with E-state index in [0.29, 0.717) is 11.4 Å². The van der Waals surface area contributed by atoms with Gasteiger partial charge in [0.15, 0.2) is 0 Å². The van der Waals surface area contributed by atoms with E-state index in [1.165, 1.54) is 31.0 Å². The molecule has 148 valence electrons. The highest BCUT2D eigenvalue weighted by Gasteiger charge is 2.16. The minimum Gasteiger partial charge on any atom is -0.374 e. The van der Waals surface area contributed by atoms with Gasteiger partial charge in [0.25, 0.3) is 0 Å². The predicted octanol–water partition coefficient (Wildman–Crippen LogP) is 3.99. The van der Waals surface area contributed by atoms with Crippen LogP contribution in [-0.2, 0) is 9.59 Å². The minimum atomic E-state index is -0.382. The highest BCUT2D eigenvalue weighted by atomic mass is 16.2. The summed E-state index contributed by atoms with van der Waals surface area (Å²) in [6, 6.07) is 12.9. The van der Waals surface area contributed by atoms with Crippen LogP contribution in [0.2, 0.25) is 0 Å². The lowest BCUT2D eigenvalue weighted by molar-refractivity contribution is -0.116. The van der Waals surface area contributed by atoms with Gasteiger partial charge in [-0.05, 0) is 74.7 Å². The van der Waals surface area contributed by atoms with Crippen LogP contribution in [0.25, 0.3) is 0 Å². The van der Waals surface area contributed by atoms with Gasteiger partial charge in [0, 0.05) is 42.8 Å². The van der Waals surface area contributed by atoms with E-state index in [1.54, 1.807) is 24.3 Å². The van der Waals surface area contributed by atoms with Crippen molar-refractivity contribution in [2.24, 2.45) is 0 Å². The summed E-state index contributed by atoms with van der Waals surface area (Å²) in [7, 11) is 0. The molecule has 1 heterocycles. The number of nitrogens with zero attached hydrogens (tertiary/aromatic N) is 1. The Kier molecular flexibility index (Phi) is 6.19. The van der Waals surface area contributed by atoms with Crippen molar-refractivity contribution in [1.29, 1.82) is 0 Å². The third kappa shape index (κ3) is 5.03. The molecule has 1 aliphatic rings. The zero-order valence-corrected chi connectivity index (χ0v) is 16.7. The molecule has 2 aromatic carbocycles. The van der Waals surface area contributed by atoms with Crippen molar-refractivity contribution in [3.8, 4) is 0 Å². The van der Waals surface area contributed by atoms with Crippen molar-refractivity contribution in [1.82, 2.24) is 0 Å². The number of carbonyl (C=O) groups is 2. The fourth-order valence-corrected chi connectivity index (χ4v) is 3.46. The Balaban J connectivity index is 1.57. The molecule has 1 unspecified atom stereocenters. The second kappa shape index (κ2) is 8.78. The average molecular weight is 380 g/mol. The van der Waals surface area contributed by atoms with Crippen molar-refractivity contribution in [3.63, 3.8) is 0 Å². The van der Waals surface area contributed by atoms with E-state index < -0.39 is 0 Å². The minimum absolute atomic E-state index is 0.117. The van der Waals surface area contributed by atoms with Crippen LogP contribution in [0.15, 0.2) is 42.5 Å². The largest absolute Gasteiger partial charge is 0.374 e. The summed E-state index contributed by atoms with van der Waals surface area (Å²) in [5, 5.41) is 8.86. The Hall–Kier alpha value is -3.02. The lowest BCUT2D eigenvalue weighted by Crippen LogP contribution is -2.31. The summed E-state index contributed by atoms with van der Waals surface area (Å²) in [4.78, 5) is 26.0. The molecule has 0 spiro atoms. The fraction of sp³-hybridized carbons (Fsp3) is 0.364. The van der Waals surface area contributed by atoms with E-state index in [9.17, 15) is 9.59 Å². The molecule has 0 bridgehead atoms. The number of benzene rings is 2. The SMILES string of the molecule is CC(=O)Nc1ccc(NC(=O)C(C)Nc2ccc(N3CCCC3)c(C)c2)cc1. The van der Waals surface area contributed by atoms with Crippen LogP contribution >= 0.6 is 0 Å². The molecule has 0 saturated carbocycles. The number of carbonyl (C=O) groups excluding carboxylic acids is 2. The number of amides is 2. The monoisotopic (exact) mass is 380 g/mol. The smallest absolute Gasteiger partial charge is 0.246 e. The number of anilines is 4. The zero-order valence-electron chi connectivity index (χ0n) is 16.7. The van der Waals surface area contributed by atoms with E-state index in [2.05, 4.69) is 39.9 Å². The second-order valence-electron chi connectivity index (χ2n) is 7.31. The summed E-state index contributed by atoms with van der Waals surface area (Å²) < 4.78 is 0. The van der Waals surface area contributed by atoms with E-state index in [1.807, 2.05) is 13.0 Å². The number of nitrogens with one attached hydrogen (secondary N) is 3. The van der Waals surface area contributed by atoms with Gasteiger partial charge in [0.2, 0.25) is 11.8 Å². The van der Waals surface area contributed by atoms with Gasteiger partial charge in [-0.2, -0.15) is 0 Å². The first-order chi connectivity index (χ1) is 13.4. The summed E-state index contributed by atoms with van der Waals surface area (Å²) in [6.45, 7) is 7.65. The lowest BCUT2D eigenvalue weighted by atomic mass is 10.1. The first-order valence-electron chi connectivity index (χ1n) is 9.73. The first kappa shape index (κ1) is 19.7. The van der Waals surface area contributed by atoms with E-state index in [4.69, 9.17) is 0 Å². The standard InChI is InChI=1S/C22H28N4O2/c1-15-14-20(10-11-21(15)26-12-4-5-13-26)23-16(2)22(28)25-19-8-6-18(7-9-19)24-17(3)27/h6-11,14,16,23H,4-5,12-13H2,1-3H3,(H,24,27)(H,25,28). The van der Waals surface area contributed by atoms with Crippen LogP contribution in [0.3, 0.4) is 0 Å². The molecule has 1 aliphatic heterocycles. The Morgan fingerprint density at radius 3 is 2.07 bits per heavy atom. The van der Waals surface area contributed by atoms with Crippen LogP contribution in [-0.4, -0.2) is 30.9 Å². The normalized spacial score (nSPS) is 14.5. The molecule has 6 nitrogen and oxygen atoms in total. The van der Waals surface area contributed by atoms with E-state index in [-0.39, 0.29) is 17.9 Å². The van der Waals surface area contributed by atoms with Gasteiger partial charge >= 0.3 is 0 Å². The van der Waals surface area contributed by atoms with Crippen molar-refractivity contribution in [2.45, 2.75) is 39.7 Å². The van der Waals surface area contributed by atoms with Crippen LogP contribution in [0, 0.1) is 6.92 Å². The maximum atomic E-state index is 12.5. The molecule has 28 heavy (non-hydrogen) atoms. The molecule has 0 aromatic heterocycles. The Bertz CT molecular complexity index is 842. The van der Waals surface area contributed by atoms with Crippen LogP contribution in [0.1, 0.15) is 32.3 Å². The molecule has 2 amide bonds. The van der Waals surface area contributed by atoms with Gasteiger partial charge in [-0.3, -0.25) is 9.59 Å². The van der Waals surface area contributed by atoms with Crippen LogP contribution < -0.4 is 20.9 Å². The second-order valence-corrected chi connectivity index (χ2v) is 7.31. The number of aryl methyl sites for hydroxylation is 1. The number of hydrogen-bond acceptors (Lipinski definition) is 4. The Labute approximate surface area is 166 Å². The third-order valence-electron chi connectivity index (χ3n) is 4.89. The third-order valence-corrected chi connectivity index (χ3v) is 4.89. The van der Waals surface area contributed by atoms with Crippen molar-refractivity contribution in [2.75, 3.05) is 33.9 Å². The zero-order chi connectivity index (χ0) is 20.1. The molecule has 2 aromatic rings. The lowest BCUT2D eigenvalue weighted by Gasteiger charge is -2.22. The van der Waals surface area contributed by atoms with Crippen molar-refractivity contribution < 1.29 is 9.59 Å². The van der Waals surface area contributed by atoms with Crippen LogP contribution in [0.5, 0.6) is 0 Å². The molecule has 1 fully saturated rings. The molecular weight excluding hydrogens is 352 g/mol. The molecule has 0 radical (unpaired) electrons. The highest BCUT2D eigenvalue weighted by molar-refractivity contribution is 5.96. The fourth-order valence-electron chi connectivity index (χ4n) is 3.46. The quantitative estimate of drug-likeness (QED) is 0.708. The van der Waals surface area contributed by atoms with Gasteiger partial charge in [-0.25, -0.2) is 0 Å². The average Bonchev–Trinajstić information content (AvgIpc) is 3.17. The molecule has 6 heteroatoms. The van der Waals surface area contributed by atoms with Gasteiger partial charge in [-0.1, -0.05) is 0 Å². The summed E-state index contributed by atoms with van der Waals surface area (Å²) in [5.41, 5.74) is 4.81. The van der Waals surface area contributed by atoms with Gasteiger partial charge < -0.3 is 20.9 Å². The number of hydrogen-bond donors (Lipinski definition) is 3. The maximum absolute atomic E-state index is 12.5. The van der Waals surface area contributed by atoms with E-state index >= 15 is 0 Å². The molecule has 1 atom stereocenters. The molecule has 3 rings (SSSR count). The van der Waals surface area contributed by atoms with Gasteiger partial charge in [0.05, 0.1) is 0 Å². The molecular formula is C22H28N4O2. The number of rotatable bonds is 6. The Morgan fingerprint density at radius 1 is 0.929 bits per heavy atom. The summed E-state index contributed by atoms with van der Waals surface area (Å²) in [5.74, 6) is -0.241. The topological polar surface area (TPSA) is 73.5 Å². The first-order valence-corrected chi connectivity index (χ1v) is 9.73. The van der Waals surface area contributed by atoms with Gasteiger partial charge in [0.1, 0.15) is 6.04 Å². The maximum Gasteiger partial charge on any atom is 0.246 e. The highest BCUT2D eigenvalue weighted by Crippen LogP contribution is 2.27. The van der Waals surface area contributed by atoms with Crippen molar-refractivity contribution >= 4 is 34.6 Å². The molecule has 3 N–H and O–H groups in total. The molecule has 1 saturated heterocycles.